The lowest BCUT2D eigenvalue weighted by molar-refractivity contribution is 0.0696. The van der Waals surface area contributed by atoms with Gasteiger partial charge in [0, 0.05) is 0 Å². The number of hydrogen-bond donors (Lipinski definition) is 1. The van der Waals surface area contributed by atoms with Gasteiger partial charge in [0.1, 0.15) is 0 Å². The van der Waals surface area contributed by atoms with E-state index < -0.39 is 5.97 Å². The van der Waals surface area contributed by atoms with Crippen LogP contribution in [0.1, 0.15) is 10.4 Å². The summed E-state index contributed by atoms with van der Waals surface area (Å²) >= 11 is 0. The molecule has 5 heteroatoms. The van der Waals surface area contributed by atoms with Gasteiger partial charge in [-0.1, -0.05) is 0 Å². The van der Waals surface area contributed by atoms with E-state index in [-0.39, 0.29) is 18.0 Å². The first-order chi connectivity index (χ1) is 6.19. The normalized spacial score (nSPS) is 8.71. The maximum Gasteiger partial charge on any atom is 0.335 e. The summed E-state index contributed by atoms with van der Waals surface area (Å²) in [7, 11) is 2.96. The van der Waals surface area contributed by atoms with Gasteiger partial charge in [0.25, 0.3) is 0 Å². The summed E-state index contributed by atoms with van der Waals surface area (Å²) in [5, 5.41) is 8.67. The number of halogens is 1. The van der Waals surface area contributed by atoms with Gasteiger partial charge in [0.05, 0.1) is 19.8 Å². The maximum absolute atomic E-state index is 10.6. The molecule has 0 heterocycles. The molecule has 0 aliphatic rings. The van der Waals surface area contributed by atoms with Crippen molar-refractivity contribution >= 4 is 18.4 Å². The summed E-state index contributed by atoms with van der Waals surface area (Å²) in [4.78, 5) is 10.6. The van der Waals surface area contributed by atoms with Crippen LogP contribution >= 0.6 is 12.4 Å². The molecule has 1 aromatic carbocycles. The molecule has 78 valence electrons. The van der Waals surface area contributed by atoms with Crippen LogP contribution in [0.3, 0.4) is 0 Å². The molecule has 14 heavy (non-hydrogen) atoms. The van der Waals surface area contributed by atoms with Crippen molar-refractivity contribution in [1.82, 2.24) is 0 Å². The lowest BCUT2D eigenvalue weighted by Crippen LogP contribution is -1.98. The Morgan fingerprint density at radius 1 is 1.21 bits per heavy atom. The number of hydrogen-bond acceptors (Lipinski definition) is 3. The minimum atomic E-state index is -0.985. The van der Waals surface area contributed by atoms with Crippen LogP contribution in [-0.2, 0) is 0 Å². The Kier molecular flexibility index (Phi) is 4.80. The van der Waals surface area contributed by atoms with Crippen molar-refractivity contribution in [3.05, 3.63) is 23.8 Å². The molecule has 0 aliphatic heterocycles. The molecule has 0 fully saturated rings. The Morgan fingerprint density at radius 2 is 1.79 bits per heavy atom. The summed E-state index contributed by atoms with van der Waals surface area (Å²) < 4.78 is 9.89. The molecule has 1 rings (SSSR count). The number of aromatic carboxylic acids is 1. The van der Waals surface area contributed by atoms with Gasteiger partial charge in [0.2, 0.25) is 0 Å². The highest BCUT2D eigenvalue weighted by atomic mass is 35.5. The quantitative estimate of drug-likeness (QED) is 0.841. The lowest BCUT2D eigenvalue weighted by atomic mass is 10.2. The van der Waals surface area contributed by atoms with E-state index in [1.807, 2.05) is 0 Å². The summed E-state index contributed by atoms with van der Waals surface area (Å²) in [5.74, 6) is -0.0455. The number of carboxylic acids is 1. The minimum absolute atomic E-state index is 0. The third-order valence-electron chi connectivity index (χ3n) is 1.63. The van der Waals surface area contributed by atoms with Gasteiger partial charge in [-0.2, -0.15) is 0 Å². The number of rotatable bonds is 3. The van der Waals surface area contributed by atoms with Crippen LogP contribution in [0.15, 0.2) is 18.2 Å². The van der Waals surface area contributed by atoms with Gasteiger partial charge in [-0.05, 0) is 18.2 Å². The Balaban J connectivity index is 0.00000169. The molecule has 0 atom stereocenters. The Morgan fingerprint density at radius 3 is 2.21 bits per heavy atom. The molecule has 1 aromatic rings. The lowest BCUT2D eigenvalue weighted by Gasteiger charge is -2.07. The molecule has 0 amide bonds. The predicted octanol–water partition coefficient (Wildman–Crippen LogP) is 1.82. The highest BCUT2D eigenvalue weighted by Gasteiger charge is 2.08. The molecule has 0 spiro atoms. The predicted molar refractivity (Wildman–Crippen MR) is 53.8 cm³/mol. The van der Waals surface area contributed by atoms with E-state index in [0.717, 1.165) is 0 Å². The van der Waals surface area contributed by atoms with Gasteiger partial charge in [-0.25, -0.2) is 4.79 Å². The Bertz CT molecular complexity index is 325. The second kappa shape index (κ2) is 5.34. The molecular weight excluding hydrogens is 208 g/mol. The molecule has 0 unspecified atom stereocenters. The van der Waals surface area contributed by atoms with Gasteiger partial charge in [-0.15, -0.1) is 12.4 Å². The van der Waals surface area contributed by atoms with Crippen molar-refractivity contribution in [2.75, 3.05) is 14.2 Å². The van der Waals surface area contributed by atoms with Crippen LogP contribution in [-0.4, -0.2) is 25.3 Å². The zero-order chi connectivity index (χ0) is 9.84. The van der Waals surface area contributed by atoms with Crippen LogP contribution in [0.2, 0.25) is 0 Å². The van der Waals surface area contributed by atoms with E-state index in [0.29, 0.717) is 11.5 Å². The topological polar surface area (TPSA) is 55.8 Å². The van der Waals surface area contributed by atoms with E-state index in [4.69, 9.17) is 14.6 Å². The van der Waals surface area contributed by atoms with Crippen molar-refractivity contribution in [2.24, 2.45) is 0 Å². The van der Waals surface area contributed by atoms with Crippen LogP contribution in [0, 0.1) is 0 Å². The fraction of sp³-hybridized carbons (Fsp3) is 0.222. The third kappa shape index (κ3) is 2.53. The van der Waals surface area contributed by atoms with Crippen molar-refractivity contribution in [2.45, 2.75) is 0 Å². The minimum Gasteiger partial charge on any atom is -0.493 e. The van der Waals surface area contributed by atoms with E-state index in [9.17, 15) is 4.79 Å². The van der Waals surface area contributed by atoms with Gasteiger partial charge < -0.3 is 14.6 Å². The number of benzene rings is 1. The first-order valence-electron chi connectivity index (χ1n) is 3.64. The molecular formula is C9H11ClO4. The van der Waals surface area contributed by atoms with Crippen LogP contribution < -0.4 is 9.47 Å². The summed E-state index contributed by atoms with van der Waals surface area (Å²) in [6, 6.07) is 4.44. The zero-order valence-corrected chi connectivity index (χ0v) is 8.63. The van der Waals surface area contributed by atoms with E-state index in [2.05, 4.69) is 0 Å². The standard InChI is InChI=1S/C9H10O4.ClH/c1-12-7-4-3-6(9(10)11)5-8(7)13-2;/h3-5H,1-2H3,(H,10,11);1H. The monoisotopic (exact) mass is 218 g/mol. The summed E-state index contributed by atoms with van der Waals surface area (Å²) in [6.07, 6.45) is 0. The van der Waals surface area contributed by atoms with Crippen LogP contribution in [0.4, 0.5) is 0 Å². The molecule has 1 N–H and O–H groups in total. The largest absolute Gasteiger partial charge is 0.493 e. The molecule has 0 radical (unpaired) electrons. The Hall–Kier alpha value is -1.42. The van der Waals surface area contributed by atoms with E-state index in [1.165, 1.54) is 26.4 Å². The smallest absolute Gasteiger partial charge is 0.335 e. The molecule has 0 aliphatic carbocycles. The average Bonchev–Trinajstić information content (AvgIpc) is 2.16. The molecule has 0 saturated heterocycles. The second-order valence-electron chi connectivity index (χ2n) is 2.37. The average molecular weight is 219 g/mol. The summed E-state index contributed by atoms with van der Waals surface area (Å²) in [5.41, 5.74) is 0.178. The second-order valence-corrected chi connectivity index (χ2v) is 2.37. The van der Waals surface area contributed by atoms with E-state index in [1.54, 1.807) is 6.07 Å². The van der Waals surface area contributed by atoms with Crippen molar-refractivity contribution < 1.29 is 19.4 Å². The molecule has 0 bridgehead atoms. The van der Waals surface area contributed by atoms with Crippen molar-refractivity contribution in [3.63, 3.8) is 0 Å². The maximum atomic E-state index is 10.6. The fourth-order valence-corrected chi connectivity index (χ4v) is 0.969. The van der Waals surface area contributed by atoms with Crippen LogP contribution in [0.25, 0.3) is 0 Å². The molecule has 4 nitrogen and oxygen atoms in total. The molecule has 0 aromatic heterocycles. The van der Waals surface area contributed by atoms with Crippen LogP contribution in [0.5, 0.6) is 11.5 Å². The van der Waals surface area contributed by atoms with Gasteiger partial charge >= 0.3 is 5.97 Å². The summed E-state index contributed by atoms with van der Waals surface area (Å²) in [6.45, 7) is 0. The first kappa shape index (κ1) is 12.6. The number of carboxylic acid groups (broad SMARTS) is 1. The highest BCUT2D eigenvalue weighted by molar-refractivity contribution is 5.88. The SMILES string of the molecule is COc1ccc(C(=O)O)cc1OC.Cl. The third-order valence-corrected chi connectivity index (χ3v) is 1.63. The number of methoxy groups -OCH3 is 2. The zero-order valence-electron chi connectivity index (χ0n) is 7.81. The van der Waals surface area contributed by atoms with Crippen molar-refractivity contribution in [3.8, 4) is 11.5 Å². The Labute approximate surface area is 87.9 Å². The number of carbonyl (C=O) groups is 1. The number of ether oxygens (including phenoxy) is 2. The fourth-order valence-electron chi connectivity index (χ4n) is 0.969. The van der Waals surface area contributed by atoms with Gasteiger partial charge in [0.15, 0.2) is 11.5 Å². The molecule has 0 saturated carbocycles. The highest BCUT2D eigenvalue weighted by Crippen LogP contribution is 2.27. The first-order valence-corrected chi connectivity index (χ1v) is 3.64. The van der Waals surface area contributed by atoms with Crippen molar-refractivity contribution in [1.29, 1.82) is 0 Å². The van der Waals surface area contributed by atoms with E-state index >= 15 is 0 Å². The van der Waals surface area contributed by atoms with Gasteiger partial charge in [-0.3, -0.25) is 0 Å².